The van der Waals surface area contributed by atoms with Gasteiger partial charge in [-0.1, -0.05) is 20.8 Å². The molecule has 2 aromatic rings. The van der Waals surface area contributed by atoms with E-state index in [9.17, 15) is 0 Å². The van der Waals surface area contributed by atoms with Gasteiger partial charge in [0.05, 0.1) is 17.1 Å². The van der Waals surface area contributed by atoms with E-state index in [1.54, 1.807) is 0 Å². The lowest BCUT2D eigenvalue weighted by atomic mass is 10.0. The van der Waals surface area contributed by atoms with E-state index in [0.717, 1.165) is 47.9 Å². The Morgan fingerprint density at radius 3 is 2.53 bits per heavy atom. The van der Waals surface area contributed by atoms with Crippen molar-refractivity contribution in [3.8, 4) is 0 Å². The molecule has 0 amide bonds. The van der Waals surface area contributed by atoms with Gasteiger partial charge in [-0.15, -0.1) is 23.2 Å². The van der Waals surface area contributed by atoms with Crippen LogP contribution in [-0.2, 0) is 15.6 Å². The molecule has 3 rings (SSSR count). The van der Waals surface area contributed by atoms with Gasteiger partial charge in [-0.2, -0.15) is 5.10 Å². The molecular weight excluding hydrogens is 503 g/mol. The Hall–Kier alpha value is -0.113. The van der Waals surface area contributed by atoms with Crippen LogP contribution >= 0.6 is 39.1 Å². The largest absolute Gasteiger partial charge is 0.416 e. The lowest BCUT2D eigenvalue weighted by molar-refractivity contribution is -0.0366. The summed E-state index contributed by atoms with van der Waals surface area (Å²) in [6.45, 7) is 15.3. The summed E-state index contributed by atoms with van der Waals surface area (Å²) in [5, 5.41) is 6.25. The fourth-order valence-electron chi connectivity index (χ4n) is 3.39. The zero-order valence-corrected chi connectivity index (χ0v) is 23.1. The average molecular weight is 538 g/mol. The molecule has 1 aliphatic heterocycles. The molecule has 8 heteroatoms. The molecule has 1 aliphatic rings. The number of ether oxygens (including phenoxy) is 1. The number of hydrogen-bond donors (Lipinski definition) is 0. The molecule has 0 N–H and O–H groups in total. The zero-order valence-electron chi connectivity index (χ0n) is 19.0. The molecule has 0 bridgehead atoms. The van der Waals surface area contributed by atoms with Crippen LogP contribution in [0, 0.1) is 6.92 Å². The quantitative estimate of drug-likeness (QED) is 0.288. The highest BCUT2D eigenvalue weighted by Crippen LogP contribution is 2.37. The molecule has 1 atom stereocenters. The first kappa shape index (κ1) is 26.1. The normalized spacial score (nSPS) is 17.7. The first-order valence-electron chi connectivity index (χ1n) is 10.6. The van der Waals surface area contributed by atoms with Crippen molar-refractivity contribution in [2.45, 2.75) is 77.7 Å². The summed E-state index contributed by atoms with van der Waals surface area (Å²) >= 11 is 13.4. The van der Waals surface area contributed by atoms with Gasteiger partial charge in [0, 0.05) is 23.1 Å². The second kappa shape index (κ2) is 11.1. The molecule has 1 fully saturated rings. The van der Waals surface area contributed by atoms with E-state index < -0.39 is 8.32 Å². The molecule has 1 saturated heterocycles. The van der Waals surface area contributed by atoms with Crippen LogP contribution in [0.15, 0.2) is 16.7 Å². The van der Waals surface area contributed by atoms with Gasteiger partial charge in [0.2, 0.25) is 0 Å². The molecule has 2 heterocycles. The zero-order chi connectivity index (χ0) is 22.5. The predicted octanol–water partition coefficient (Wildman–Crippen LogP) is 7.79. The van der Waals surface area contributed by atoms with E-state index >= 15 is 0 Å². The molecule has 30 heavy (non-hydrogen) atoms. The molecule has 1 aromatic heterocycles. The van der Waals surface area contributed by atoms with Crippen LogP contribution in [0.25, 0.3) is 10.9 Å². The molecule has 4 nitrogen and oxygen atoms in total. The average Bonchev–Trinajstić information content (AvgIpc) is 3.08. The highest BCUT2D eigenvalue weighted by atomic mass is 79.9. The second-order valence-electron chi connectivity index (χ2n) is 9.29. The first-order chi connectivity index (χ1) is 14.0. The van der Waals surface area contributed by atoms with Crippen LogP contribution < -0.4 is 0 Å². The van der Waals surface area contributed by atoms with Crippen molar-refractivity contribution >= 4 is 58.4 Å². The minimum Gasteiger partial charge on any atom is -0.416 e. The van der Waals surface area contributed by atoms with Gasteiger partial charge in [-0.25, -0.2) is 4.68 Å². The topological polar surface area (TPSA) is 36.3 Å². The van der Waals surface area contributed by atoms with Crippen LogP contribution in [0.2, 0.25) is 18.1 Å². The lowest BCUT2D eigenvalue weighted by Gasteiger charge is -2.36. The molecule has 0 spiro atoms. The number of aromatic nitrogens is 2. The number of alkyl halides is 2. The lowest BCUT2D eigenvalue weighted by Crippen LogP contribution is -2.41. The van der Waals surface area contributed by atoms with Crippen molar-refractivity contribution in [1.29, 1.82) is 0 Å². The Balaban J connectivity index is 0.00000101. The SMILES string of the molecule is Cc1cc2c(cnn2C2CCCCO2)c(Br)c1CCO[Si](C)(C)C(C)(C)C.ClCCl. The van der Waals surface area contributed by atoms with Crippen molar-refractivity contribution in [2.75, 3.05) is 18.6 Å². The van der Waals surface area contributed by atoms with E-state index in [2.05, 4.69) is 72.6 Å². The highest BCUT2D eigenvalue weighted by molar-refractivity contribution is 9.10. The molecule has 0 aliphatic carbocycles. The van der Waals surface area contributed by atoms with Gasteiger partial charge < -0.3 is 9.16 Å². The number of fused-ring (bicyclic) bond motifs is 1. The molecule has 0 saturated carbocycles. The summed E-state index contributed by atoms with van der Waals surface area (Å²) < 4.78 is 15.6. The summed E-state index contributed by atoms with van der Waals surface area (Å²) in [7, 11) is -1.71. The fraction of sp³-hybridized carbons (Fsp3) is 0.682. The van der Waals surface area contributed by atoms with E-state index in [-0.39, 0.29) is 16.6 Å². The number of hydrogen-bond acceptors (Lipinski definition) is 3. The van der Waals surface area contributed by atoms with Crippen molar-refractivity contribution in [2.24, 2.45) is 0 Å². The van der Waals surface area contributed by atoms with Crippen LogP contribution in [0.5, 0.6) is 0 Å². The maximum Gasteiger partial charge on any atom is 0.191 e. The van der Waals surface area contributed by atoms with Crippen molar-refractivity contribution in [1.82, 2.24) is 9.78 Å². The molecule has 1 aromatic carbocycles. The number of rotatable bonds is 5. The standard InChI is InChI=1S/C21H33BrN2O2Si.CH2Cl2/c1-15-13-18-17(14-23-24(18)19-9-7-8-11-25-19)20(22)16(15)10-12-26-27(5,6)21(2,3)4;2-1-3/h13-14,19H,7-12H2,1-6H3;1H2. The Bertz CT molecular complexity index is 831. The minimum atomic E-state index is -1.71. The van der Waals surface area contributed by atoms with Crippen LogP contribution in [0.3, 0.4) is 0 Å². The summed E-state index contributed by atoms with van der Waals surface area (Å²) in [6.07, 6.45) is 6.34. The summed E-state index contributed by atoms with van der Waals surface area (Å²) in [5.41, 5.74) is 3.76. The summed E-state index contributed by atoms with van der Waals surface area (Å²) in [5.74, 6) is 0. The Kier molecular flexibility index (Phi) is 9.72. The second-order valence-corrected chi connectivity index (χ2v) is 15.7. The highest BCUT2D eigenvalue weighted by Gasteiger charge is 2.37. The van der Waals surface area contributed by atoms with Gasteiger partial charge >= 0.3 is 0 Å². The number of halogens is 3. The summed E-state index contributed by atoms with van der Waals surface area (Å²) in [4.78, 5) is 0. The smallest absolute Gasteiger partial charge is 0.191 e. The van der Waals surface area contributed by atoms with Gasteiger partial charge in [0.1, 0.15) is 0 Å². The van der Waals surface area contributed by atoms with E-state index in [0.29, 0.717) is 0 Å². The summed E-state index contributed by atoms with van der Waals surface area (Å²) in [6, 6.07) is 2.26. The fourth-order valence-corrected chi connectivity index (χ4v) is 5.25. The van der Waals surface area contributed by atoms with E-state index in [1.165, 1.54) is 17.5 Å². The van der Waals surface area contributed by atoms with E-state index in [4.69, 9.17) is 32.4 Å². The Morgan fingerprint density at radius 1 is 1.30 bits per heavy atom. The van der Waals surface area contributed by atoms with Gasteiger partial charge in [0.15, 0.2) is 14.5 Å². The number of benzene rings is 1. The maximum absolute atomic E-state index is 6.40. The maximum atomic E-state index is 6.40. The van der Waals surface area contributed by atoms with Crippen LogP contribution in [-0.4, -0.2) is 36.7 Å². The number of aryl methyl sites for hydroxylation is 1. The van der Waals surface area contributed by atoms with Gasteiger partial charge in [0.25, 0.3) is 0 Å². The molecule has 170 valence electrons. The first-order valence-corrected chi connectivity index (χ1v) is 15.3. The minimum absolute atomic E-state index is 0.0651. The Labute approximate surface area is 200 Å². The Morgan fingerprint density at radius 2 is 1.97 bits per heavy atom. The van der Waals surface area contributed by atoms with Crippen molar-refractivity contribution < 1.29 is 9.16 Å². The molecule has 0 radical (unpaired) electrons. The van der Waals surface area contributed by atoms with Crippen LogP contribution in [0.4, 0.5) is 0 Å². The third-order valence-corrected chi connectivity index (χ3v) is 11.7. The van der Waals surface area contributed by atoms with Gasteiger partial charge in [-0.05, 0) is 83.9 Å². The monoisotopic (exact) mass is 536 g/mol. The predicted molar refractivity (Wildman–Crippen MR) is 134 cm³/mol. The van der Waals surface area contributed by atoms with E-state index in [1.807, 2.05) is 6.20 Å². The third-order valence-electron chi connectivity index (χ3n) is 6.21. The van der Waals surface area contributed by atoms with Crippen molar-refractivity contribution in [3.05, 3.63) is 27.9 Å². The molecule has 1 unspecified atom stereocenters. The van der Waals surface area contributed by atoms with Crippen LogP contribution in [0.1, 0.15) is 57.4 Å². The van der Waals surface area contributed by atoms with Gasteiger partial charge in [-0.3, -0.25) is 0 Å². The number of nitrogens with zero attached hydrogens (tertiary/aromatic N) is 2. The van der Waals surface area contributed by atoms with Crippen molar-refractivity contribution in [3.63, 3.8) is 0 Å². The molecular formula is C22H35BrCl2N2O2Si. The third kappa shape index (κ3) is 6.23.